The fourth-order valence-electron chi connectivity index (χ4n) is 2.33. The highest BCUT2D eigenvalue weighted by molar-refractivity contribution is 5.85. The molecule has 130 valence electrons. The minimum atomic E-state index is -0.0752. The zero-order valence-electron chi connectivity index (χ0n) is 13.3. The van der Waals surface area contributed by atoms with Gasteiger partial charge in [0, 0.05) is 38.1 Å². The highest BCUT2D eigenvalue weighted by atomic mass is 35.5. The molecule has 1 unspecified atom stereocenters. The molecular formula is C15H20ClN5O3. The van der Waals surface area contributed by atoms with E-state index < -0.39 is 0 Å². The number of hydrogen-bond donors (Lipinski definition) is 1. The Balaban J connectivity index is 0.00000208. The van der Waals surface area contributed by atoms with E-state index in [1.807, 2.05) is 0 Å². The molecule has 8 nitrogen and oxygen atoms in total. The van der Waals surface area contributed by atoms with Crippen molar-refractivity contribution in [1.29, 1.82) is 0 Å². The van der Waals surface area contributed by atoms with E-state index in [0.29, 0.717) is 31.3 Å². The topological polar surface area (TPSA) is 93.4 Å². The van der Waals surface area contributed by atoms with Gasteiger partial charge in [0.2, 0.25) is 17.6 Å². The maximum absolute atomic E-state index is 12.2. The van der Waals surface area contributed by atoms with Crippen LogP contribution in [0.5, 0.6) is 0 Å². The molecule has 0 spiro atoms. The van der Waals surface area contributed by atoms with Crippen molar-refractivity contribution in [2.45, 2.75) is 19.1 Å². The highest BCUT2D eigenvalue weighted by Crippen LogP contribution is 2.15. The third-order valence-corrected chi connectivity index (χ3v) is 3.61. The number of aromatic nitrogens is 3. The van der Waals surface area contributed by atoms with Crippen molar-refractivity contribution >= 4 is 18.3 Å². The second-order valence-corrected chi connectivity index (χ2v) is 5.40. The van der Waals surface area contributed by atoms with Crippen molar-refractivity contribution < 1.29 is 14.1 Å². The Morgan fingerprint density at radius 1 is 1.42 bits per heavy atom. The Morgan fingerprint density at radius 3 is 2.92 bits per heavy atom. The molecule has 1 saturated heterocycles. The third kappa shape index (κ3) is 4.73. The van der Waals surface area contributed by atoms with Gasteiger partial charge >= 0.3 is 0 Å². The Morgan fingerprint density at radius 2 is 2.21 bits per heavy atom. The Labute approximate surface area is 146 Å². The molecule has 1 aliphatic heterocycles. The van der Waals surface area contributed by atoms with Gasteiger partial charge < -0.3 is 19.5 Å². The Bertz CT molecular complexity index is 646. The number of carbonyl (C=O) groups excluding carboxylic acids is 1. The standard InChI is InChI=1S/C15H19N5O3.ClH/c1-20(14(21)8-12-9-17-6-7-22-12)10-13-18-15(19-23-13)11-2-4-16-5-3-11;/h2-5,12,17H,6-10H2,1H3;1H. The Kier molecular flexibility index (Phi) is 6.65. The number of morpholine rings is 1. The zero-order chi connectivity index (χ0) is 16.1. The number of nitrogens with one attached hydrogen (secondary N) is 1. The molecule has 2 aromatic rings. The lowest BCUT2D eigenvalue weighted by Crippen LogP contribution is -2.41. The molecule has 9 heteroatoms. The molecule has 0 aromatic carbocycles. The van der Waals surface area contributed by atoms with Crippen LogP contribution < -0.4 is 5.32 Å². The quantitative estimate of drug-likeness (QED) is 0.853. The number of pyridine rings is 1. The molecule has 1 aliphatic rings. The maximum Gasteiger partial charge on any atom is 0.246 e. The summed E-state index contributed by atoms with van der Waals surface area (Å²) >= 11 is 0. The largest absolute Gasteiger partial charge is 0.375 e. The van der Waals surface area contributed by atoms with Crippen molar-refractivity contribution in [2.75, 3.05) is 26.7 Å². The van der Waals surface area contributed by atoms with Crippen molar-refractivity contribution in [3.05, 3.63) is 30.4 Å². The molecule has 3 rings (SSSR count). The first kappa shape index (κ1) is 18.3. The highest BCUT2D eigenvalue weighted by Gasteiger charge is 2.21. The van der Waals surface area contributed by atoms with Gasteiger partial charge in [-0.2, -0.15) is 4.98 Å². The Hall–Kier alpha value is -2.03. The molecule has 1 atom stereocenters. The molecule has 3 heterocycles. The van der Waals surface area contributed by atoms with E-state index in [1.54, 1.807) is 36.5 Å². The lowest BCUT2D eigenvalue weighted by molar-refractivity contribution is -0.134. The van der Waals surface area contributed by atoms with Crippen molar-refractivity contribution in [3.8, 4) is 11.4 Å². The lowest BCUT2D eigenvalue weighted by Gasteiger charge is -2.25. The average Bonchev–Trinajstić information content (AvgIpc) is 3.05. The van der Waals surface area contributed by atoms with Crippen LogP contribution in [0.1, 0.15) is 12.3 Å². The minimum absolute atomic E-state index is 0. The monoisotopic (exact) mass is 353 g/mol. The number of rotatable bonds is 5. The number of halogens is 1. The first-order chi connectivity index (χ1) is 11.2. The van der Waals surface area contributed by atoms with Crippen LogP contribution in [0.15, 0.2) is 29.0 Å². The molecule has 0 saturated carbocycles. The molecule has 2 aromatic heterocycles. The van der Waals surface area contributed by atoms with Gasteiger partial charge in [-0.15, -0.1) is 12.4 Å². The molecule has 24 heavy (non-hydrogen) atoms. The lowest BCUT2D eigenvalue weighted by atomic mass is 10.2. The van der Waals surface area contributed by atoms with Gasteiger partial charge in [-0.05, 0) is 12.1 Å². The summed E-state index contributed by atoms with van der Waals surface area (Å²) in [7, 11) is 1.72. The summed E-state index contributed by atoms with van der Waals surface area (Å²) in [6.45, 7) is 2.45. The van der Waals surface area contributed by atoms with Crippen molar-refractivity contribution in [2.24, 2.45) is 0 Å². The van der Waals surface area contributed by atoms with Crippen LogP contribution in [-0.4, -0.2) is 58.8 Å². The second-order valence-electron chi connectivity index (χ2n) is 5.40. The van der Waals surface area contributed by atoms with Crippen LogP contribution in [0.3, 0.4) is 0 Å². The molecule has 1 amide bonds. The average molecular weight is 354 g/mol. The van der Waals surface area contributed by atoms with E-state index in [2.05, 4.69) is 20.4 Å². The van der Waals surface area contributed by atoms with E-state index >= 15 is 0 Å². The summed E-state index contributed by atoms with van der Waals surface area (Å²) in [4.78, 5) is 22.0. The van der Waals surface area contributed by atoms with Crippen LogP contribution in [0.4, 0.5) is 0 Å². The first-order valence-corrected chi connectivity index (χ1v) is 7.51. The molecule has 0 aliphatic carbocycles. The summed E-state index contributed by atoms with van der Waals surface area (Å²) in [5, 5.41) is 7.14. The predicted molar refractivity (Wildman–Crippen MR) is 88.5 cm³/mol. The summed E-state index contributed by atoms with van der Waals surface area (Å²) in [6, 6.07) is 3.60. The van der Waals surface area contributed by atoms with Gasteiger partial charge in [0.25, 0.3) is 0 Å². The number of nitrogens with zero attached hydrogens (tertiary/aromatic N) is 4. The van der Waals surface area contributed by atoms with Gasteiger partial charge in [0.15, 0.2) is 0 Å². The van der Waals surface area contributed by atoms with Crippen LogP contribution >= 0.6 is 12.4 Å². The second kappa shape index (κ2) is 8.72. The third-order valence-electron chi connectivity index (χ3n) is 3.61. The van der Waals surface area contributed by atoms with Gasteiger partial charge in [0.05, 0.1) is 25.7 Å². The van der Waals surface area contributed by atoms with Crippen molar-refractivity contribution in [3.63, 3.8) is 0 Å². The fraction of sp³-hybridized carbons (Fsp3) is 0.467. The van der Waals surface area contributed by atoms with Gasteiger partial charge in [-0.25, -0.2) is 0 Å². The minimum Gasteiger partial charge on any atom is -0.375 e. The van der Waals surface area contributed by atoms with E-state index in [4.69, 9.17) is 9.26 Å². The zero-order valence-corrected chi connectivity index (χ0v) is 14.2. The molecular weight excluding hydrogens is 334 g/mol. The van der Waals surface area contributed by atoms with Crippen molar-refractivity contribution in [1.82, 2.24) is 25.3 Å². The van der Waals surface area contributed by atoms with E-state index in [0.717, 1.165) is 12.1 Å². The number of ether oxygens (including phenoxy) is 1. The predicted octanol–water partition coefficient (Wildman–Crippen LogP) is 0.890. The first-order valence-electron chi connectivity index (χ1n) is 7.51. The van der Waals surface area contributed by atoms with Gasteiger partial charge in [-0.1, -0.05) is 5.16 Å². The summed E-state index contributed by atoms with van der Waals surface area (Å²) in [6.07, 6.45) is 3.60. The van der Waals surface area contributed by atoms with Crippen LogP contribution in [0.25, 0.3) is 11.4 Å². The fourth-order valence-corrected chi connectivity index (χ4v) is 2.33. The SMILES string of the molecule is CN(Cc1nc(-c2ccncc2)no1)C(=O)CC1CNCCO1.Cl. The smallest absolute Gasteiger partial charge is 0.246 e. The molecule has 1 N–H and O–H groups in total. The summed E-state index contributed by atoms with van der Waals surface area (Å²) in [5.41, 5.74) is 0.825. The molecule has 1 fully saturated rings. The van der Waals surface area contributed by atoms with E-state index in [9.17, 15) is 4.79 Å². The van der Waals surface area contributed by atoms with Crippen LogP contribution in [-0.2, 0) is 16.1 Å². The number of carbonyl (C=O) groups is 1. The number of amides is 1. The molecule has 0 bridgehead atoms. The van der Waals surface area contributed by atoms with E-state index in [1.165, 1.54) is 0 Å². The maximum atomic E-state index is 12.2. The summed E-state index contributed by atoms with van der Waals surface area (Å²) in [5.74, 6) is 0.876. The van der Waals surface area contributed by atoms with Crippen LogP contribution in [0.2, 0.25) is 0 Å². The molecule has 0 radical (unpaired) electrons. The van der Waals surface area contributed by atoms with Crippen LogP contribution in [0, 0.1) is 0 Å². The number of hydrogen-bond acceptors (Lipinski definition) is 7. The van der Waals surface area contributed by atoms with Gasteiger partial charge in [-0.3, -0.25) is 9.78 Å². The van der Waals surface area contributed by atoms with Gasteiger partial charge in [0.1, 0.15) is 0 Å². The van der Waals surface area contributed by atoms with E-state index in [-0.39, 0.29) is 31.0 Å². The summed E-state index contributed by atoms with van der Waals surface area (Å²) < 4.78 is 10.8. The normalized spacial score (nSPS) is 17.1.